The third-order valence-corrected chi connectivity index (χ3v) is 13.7. The van der Waals surface area contributed by atoms with Gasteiger partial charge in [0.15, 0.2) is 0 Å². The van der Waals surface area contributed by atoms with Gasteiger partial charge in [-0.25, -0.2) is 0 Å². The zero-order valence-corrected chi connectivity index (χ0v) is 43.7. The topological polar surface area (TPSA) is 175 Å². The first-order valence-electron chi connectivity index (χ1n) is 28.8. The first-order chi connectivity index (χ1) is 33.4. The molecule has 0 spiro atoms. The number of nitrogens with one attached hydrogen (secondary N) is 14. The molecule has 0 aromatic rings. The summed E-state index contributed by atoms with van der Waals surface area (Å²) in [7, 11) is 0. The van der Waals surface area contributed by atoms with Gasteiger partial charge in [0.05, 0.1) is 0 Å². The number of hydrogen-bond acceptors (Lipinski definition) is 16. The normalized spacial score (nSPS) is 25.4. The van der Waals surface area contributed by atoms with Gasteiger partial charge in [-0.2, -0.15) is 0 Å². The summed E-state index contributed by atoms with van der Waals surface area (Å²) in [4.78, 5) is 5.37. The van der Waals surface area contributed by atoms with Crippen molar-refractivity contribution in [3.63, 3.8) is 0 Å². The number of nitrogens with zero attached hydrogens (tertiary/aromatic N) is 2. The van der Waals surface area contributed by atoms with Crippen LogP contribution in [0, 0.1) is 0 Å². The Morgan fingerprint density at radius 2 is 0.522 bits per heavy atom. The summed E-state index contributed by atoms with van der Waals surface area (Å²) in [5.74, 6) is 0. The quantitative estimate of drug-likeness (QED) is 0.113. The predicted octanol–water partition coefficient (Wildman–Crippen LogP) is 0.254. The van der Waals surface area contributed by atoms with Gasteiger partial charge in [-0.3, -0.25) is 0 Å². The molecule has 0 aromatic heterocycles. The van der Waals surface area contributed by atoms with Gasteiger partial charge in [-0.15, -0.1) is 0 Å². The third kappa shape index (κ3) is 40.6. The van der Waals surface area contributed by atoms with Crippen LogP contribution >= 0.6 is 0 Å². The third-order valence-electron chi connectivity index (χ3n) is 13.7. The number of unbranched alkanes of at least 4 members (excludes halogenated alkanes) is 5. The van der Waals surface area contributed by atoms with Crippen molar-refractivity contribution in [2.45, 2.75) is 121 Å². The SMILES string of the molecule is C(CCC1CCNCCNCCCNCCN1)CCN1CCCNCCNCCCNCC1.C(CCCN1CCCNCCNCCCNCC1)CCC1CCNCCNCCCNCCN1. The van der Waals surface area contributed by atoms with Gasteiger partial charge in [-0.1, -0.05) is 32.1 Å². The molecule has 2 unspecified atom stereocenters. The molecule has 0 aliphatic carbocycles. The van der Waals surface area contributed by atoms with Crippen molar-refractivity contribution in [3.8, 4) is 0 Å². The minimum atomic E-state index is 0.648. The maximum atomic E-state index is 3.81. The van der Waals surface area contributed by atoms with E-state index in [0.717, 1.165) is 170 Å². The maximum absolute atomic E-state index is 3.81. The fourth-order valence-electron chi connectivity index (χ4n) is 9.52. The van der Waals surface area contributed by atoms with Crippen LogP contribution in [0.3, 0.4) is 0 Å². The highest BCUT2D eigenvalue weighted by atomic mass is 15.1. The summed E-state index contributed by atoms with van der Waals surface area (Å²) in [6, 6.07) is 1.30. The molecule has 67 heavy (non-hydrogen) atoms. The van der Waals surface area contributed by atoms with E-state index in [4.69, 9.17) is 0 Å². The largest absolute Gasteiger partial charge is 0.315 e. The van der Waals surface area contributed by atoms with Gasteiger partial charge >= 0.3 is 0 Å². The number of hydrogen-bond donors (Lipinski definition) is 14. The highest BCUT2D eigenvalue weighted by Crippen LogP contribution is 2.10. The molecular formula is C51H114N16. The monoisotopic (exact) mass is 951 g/mol. The summed E-state index contributed by atoms with van der Waals surface area (Å²) in [6.45, 7) is 36.1. The standard InChI is InChI=1S/C26H58N8.C25H56N8/c1(3-8-26-9-15-32-19-18-28-10-5-12-29-20-21-33-26)2-4-23-34-24-7-14-30-17-16-27-11-6-13-31-22-25-34;1(2-7-25-8-14-31-18-17-27-9-4-11-28-19-20-32-25)3-22-33-23-6-13-29-16-15-26-10-5-12-30-21-24-33/h26-33H,1-25H2;25-32H,1-24H2. The van der Waals surface area contributed by atoms with Crippen LogP contribution in [0.2, 0.25) is 0 Å². The van der Waals surface area contributed by atoms with Crippen molar-refractivity contribution in [1.29, 1.82) is 0 Å². The lowest BCUT2D eigenvalue weighted by Gasteiger charge is -2.23. The average molecular weight is 952 g/mol. The van der Waals surface area contributed by atoms with Crippen LogP contribution in [0.5, 0.6) is 0 Å². The molecule has 4 rings (SSSR count). The van der Waals surface area contributed by atoms with Crippen molar-refractivity contribution < 1.29 is 0 Å². The van der Waals surface area contributed by atoms with Crippen molar-refractivity contribution in [1.82, 2.24) is 84.2 Å². The molecular weight excluding hydrogens is 837 g/mol. The van der Waals surface area contributed by atoms with Crippen LogP contribution in [0.1, 0.15) is 109 Å². The molecule has 4 heterocycles. The molecule has 398 valence electrons. The predicted molar refractivity (Wildman–Crippen MR) is 289 cm³/mol. The zero-order chi connectivity index (χ0) is 46.9. The van der Waals surface area contributed by atoms with Gasteiger partial charge in [0.2, 0.25) is 0 Å². The molecule has 4 aliphatic rings. The molecule has 0 radical (unpaired) electrons. The Labute approximate surface area is 413 Å². The molecule has 0 amide bonds. The van der Waals surface area contributed by atoms with E-state index >= 15 is 0 Å². The molecule has 2 atom stereocenters. The summed E-state index contributed by atoms with van der Waals surface area (Å²) >= 11 is 0. The average Bonchev–Trinajstić information content (AvgIpc) is 3.34. The molecule has 4 saturated heterocycles. The van der Waals surface area contributed by atoms with E-state index in [1.807, 2.05) is 0 Å². The van der Waals surface area contributed by atoms with Crippen molar-refractivity contribution in [2.75, 3.05) is 209 Å². The zero-order valence-electron chi connectivity index (χ0n) is 43.7. The number of rotatable bonds is 13. The van der Waals surface area contributed by atoms with E-state index in [1.165, 1.54) is 148 Å². The van der Waals surface area contributed by atoms with E-state index < -0.39 is 0 Å². The first-order valence-corrected chi connectivity index (χ1v) is 28.8. The summed E-state index contributed by atoms with van der Waals surface area (Å²) in [6.07, 6.45) is 21.9. The van der Waals surface area contributed by atoms with Crippen LogP contribution in [-0.2, 0) is 0 Å². The highest BCUT2D eigenvalue weighted by molar-refractivity contribution is 4.73. The van der Waals surface area contributed by atoms with Crippen molar-refractivity contribution in [2.24, 2.45) is 0 Å². The second-order valence-corrected chi connectivity index (χ2v) is 19.7. The van der Waals surface area contributed by atoms with E-state index in [2.05, 4.69) is 84.2 Å². The molecule has 0 bridgehead atoms. The van der Waals surface area contributed by atoms with Gasteiger partial charge in [-0.05, 0) is 182 Å². The highest BCUT2D eigenvalue weighted by Gasteiger charge is 2.12. The van der Waals surface area contributed by atoms with Gasteiger partial charge in [0, 0.05) is 117 Å². The fraction of sp³-hybridized carbons (Fsp3) is 1.00. The van der Waals surface area contributed by atoms with Gasteiger partial charge < -0.3 is 84.2 Å². The van der Waals surface area contributed by atoms with Crippen LogP contribution in [0.15, 0.2) is 0 Å². The van der Waals surface area contributed by atoms with Crippen LogP contribution < -0.4 is 74.4 Å². The van der Waals surface area contributed by atoms with Gasteiger partial charge in [0.25, 0.3) is 0 Å². The molecule has 0 aromatic carbocycles. The summed E-state index contributed by atoms with van der Waals surface area (Å²) < 4.78 is 0. The first kappa shape index (κ1) is 60.7. The van der Waals surface area contributed by atoms with Crippen LogP contribution in [0.25, 0.3) is 0 Å². The minimum absolute atomic E-state index is 0.648. The van der Waals surface area contributed by atoms with Crippen molar-refractivity contribution in [3.05, 3.63) is 0 Å². The van der Waals surface area contributed by atoms with Gasteiger partial charge in [0.1, 0.15) is 0 Å². The van der Waals surface area contributed by atoms with E-state index in [0.29, 0.717) is 12.1 Å². The molecule has 16 nitrogen and oxygen atoms in total. The summed E-state index contributed by atoms with van der Waals surface area (Å²) in [5, 5.41) is 50.5. The Balaban J connectivity index is 0.000000355. The smallest absolute Gasteiger partial charge is 0.0107 e. The van der Waals surface area contributed by atoms with Crippen LogP contribution in [-0.4, -0.2) is 231 Å². The molecule has 4 aliphatic heterocycles. The Kier molecular flexibility index (Phi) is 44.3. The summed E-state index contributed by atoms with van der Waals surface area (Å²) in [5.41, 5.74) is 0. The molecule has 14 N–H and O–H groups in total. The Hall–Kier alpha value is -0.640. The Morgan fingerprint density at radius 1 is 0.239 bits per heavy atom. The van der Waals surface area contributed by atoms with Crippen molar-refractivity contribution >= 4 is 0 Å². The minimum Gasteiger partial charge on any atom is -0.315 e. The second kappa shape index (κ2) is 49.0. The van der Waals surface area contributed by atoms with E-state index in [9.17, 15) is 0 Å². The molecule has 0 saturated carbocycles. The molecule has 4 fully saturated rings. The Morgan fingerprint density at radius 3 is 0.896 bits per heavy atom. The lowest BCUT2D eigenvalue weighted by Crippen LogP contribution is -2.39. The lowest BCUT2D eigenvalue weighted by atomic mass is 10.0. The lowest BCUT2D eigenvalue weighted by molar-refractivity contribution is 0.260. The van der Waals surface area contributed by atoms with E-state index in [-0.39, 0.29) is 0 Å². The Bertz CT molecular complexity index is 857. The fourth-order valence-corrected chi connectivity index (χ4v) is 9.52. The second-order valence-electron chi connectivity index (χ2n) is 19.7. The molecule has 16 heteroatoms. The van der Waals surface area contributed by atoms with Crippen LogP contribution in [0.4, 0.5) is 0 Å². The maximum Gasteiger partial charge on any atom is 0.0107 e. The van der Waals surface area contributed by atoms with E-state index in [1.54, 1.807) is 0 Å².